The molecule has 3 rings (SSSR count). The minimum absolute atomic E-state index is 0.117. The Morgan fingerprint density at radius 2 is 2.03 bits per heavy atom. The number of aryl methyl sites for hydroxylation is 1. The Morgan fingerprint density at radius 3 is 2.52 bits per heavy atom. The molecule has 0 aliphatic carbocycles. The fourth-order valence-corrected chi connectivity index (χ4v) is 3.41. The summed E-state index contributed by atoms with van der Waals surface area (Å²) < 4.78 is 39.5. The van der Waals surface area contributed by atoms with Crippen LogP contribution in [-0.2, 0) is 21.4 Å². The number of carboxylic acid groups (broad SMARTS) is 1. The zero-order valence-corrected chi connectivity index (χ0v) is 17.0. The molecule has 2 aliphatic heterocycles. The van der Waals surface area contributed by atoms with E-state index in [2.05, 4.69) is 31.7 Å². The maximum absolute atomic E-state index is 12.1. The van der Waals surface area contributed by atoms with Gasteiger partial charge in [-0.15, -0.1) is 0 Å². The van der Waals surface area contributed by atoms with Crippen LogP contribution in [0.1, 0.15) is 29.8 Å². The molecule has 0 aromatic carbocycles. The van der Waals surface area contributed by atoms with Crippen LogP contribution < -0.4 is 10.6 Å². The predicted molar refractivity (Wildman–Crippen MR) is 96.0 cm³/mol. The van der Waals surface area contributed by atoms with E-state index in [-0.39, 0.29) is 23.4 Å². The molecule has 1 aromatic rings. The highest BCUT2D eigenvalue weighted by Gasteiger charge is 2.49. The molecule has 1 aromatic heterocycles. The van der Waals surface area contributed by atoms with Gasteiger partial charge in [-0.2, -0.15) is 18.3 Å². The molecule has 1 amide bonds. The van der Waals surface area contributed by atoms with Crippen LogP contribution in [0.2, 0.25) is 0 Å². The molecule has 3 heterocycles. The van der Waals surface area contributed by atoms with Gasteiger partial charge in [0.25, 0.3) is 5.91 Å². The summed E-state index contributed by atoms with van der Waals surface area (Å²) >= 11 is 3.30. The molecule has 2 fully saturated rings. The van der Waals surface area contributed by atoms with Crippen molar-refractivity contribution in [2.24, 2.45) is 12.5 Å². The highest BCUT2D eigenvalue weighted by Crippen LogP contribution is 2.41. The standard InChI is InChI=1S/C14H19BrN4O3.C2HF3O2/c1-19-11(15)6-10(18-19)12(20)17-8-9-7-14(13(21)22-9)2-4-16-5-3-14;3-2(4,5)1(6)7/h6,9,16H,2-5,7-8H2,1H3,(H,17,20);(H,6,7). The molecule has 13 heteroatoms. The molecule has 0 radical (unpaired) electrons. The Morgan fingerprint density at radius 1 is 1.45 bits per heavy atom. The average Bonchev–Trinajstić information content (AvgIpc) is 3.13. The first-order chi connectivity index (χ1) is 13.4. The number of halogens is 4. The van der Waals surface area contributed by atoms with Crippen molar-refractivity contribution in [3.05, 3.63) is 16.4 Å². The number of nitrogens with one attached hydrogen (secondary N) is 2. The van der Waals surface area contributed by atoms with E-state index in [9.17, 15) is 22.8 Å². The number of rotatable bonds is 3. The Hall–Kier alpha value is -2.15. The number of nitrogens with zero attached hydrogens (tertiary/aromatic N) is 2. The lowest BCUT2D eigenvalue weighted by atomic mass is 9.76. The van der Waals surface area contributed by atoms with Gasteiger partial charge in [-0.05, 0) is 41.9 Å². The number of carbonyl (C=O) groups excluding carboxylic acids is 2. The molecule has 1 spiro atoms. The lowest BCUT2D eigenvalue weighted by Gasteiger charge is -2.29. The van der Waals surface area contributed by atoms with Crippen molar-refractivity contribution in [2.75, 3.05) is 19.6 Å². The van der Waals surface area contributed by atoms with Crippen LogP contribution in [0.3, 0.4) is 0 Å². The number of esters is 1. The zero-order chi connectivity index (χ0) is 21.8. The minimum atomic E-state index is -5.08. The van der Waals surface area contributed by atoms with E-state index in [0.717, 1.165) is 30.5 Å². The number of hydrogen-bond acceptors (Lipinski definition) is 6. The van der Waals surface area contributed by atoms with Crippen molar-refractivity contribution in [2.45, 2.75) is 31.5 Å². The van der Waals surface area contributed by atoms with Crippen molar-refractivity contribution in [1.29, 1.82) is 0 Å². The van der Waals surface area contributed by atoms with Gasteiger partial charge < -0.3 is 20.5 Å². The fraction of sp³-hybridized carbons (Fsp3) is 0.625. The van der Waals surface area contributed by atoms with Crippen LogP contribution in [0, 0.1) is 5.41 Å². The number of hydrogen-bond donors (Lipinski definition) is 3. The summed E-state index contributed by atoms with van der Waals surface area (Å²) in [6.45, 7) is 2.01. The maximum atomic E-state index is 12.1. The van der Waals surface area contributed by atoms with Gasteiger partial charge in [0.1, 0.15) is 10.7 Å². The predicted octanol–water partition coefficient (Wildman–Crippen LogP) is 1.23. The van der Waals surface area contributed by atoms with Crippen molar-refractivity contribution in [3.8, 4) is 0 Å². The summed E-state index contributed by atoms with van der Waals surface area (Å²) in [4.78, 5) is 33.1. The third-order valence-electron chi connectivity index (χ3n) is 4.67. The molecule has 162 valence electrons. The first-order valence-electron chi connectivity index (χ1n) is 8.64. The molecule has 0 saturated carbocycles. The summed E-state index contributed by atoms with van der Waals surface area (Å²) in [7, 11) is 1.75. The van der Waals surface area contributed by atoms with Crippen LogP contribution in [0.15, 0.2) is 10.7 Å². The van der Waals surface area contributed by atoms with Crippen LogP contribution >= 0.6 is 15.9 Å². The Labute approximate surface area is 172 Å². The third kappa shape index (κ3) is 5.92. The summed E-state index contributed by atoms with van der Waals surface area (Å²) in [5.74, 6) is -3.13. The number of piperidine rings is 1. The van der Waals surface area contributed by atoms with Gasteiger partial charge in [0, 0.05) is 19.5 Å². The SMILES string of the molecule is Cn1nc(C(=O)NCC2CC3(CCNCC3)C(=O)O2)cc1Br.O=C(O)C(F)(F)F. The van der Waals surface area contributed by atoms with E-state index >= 15 is 0 Å². The topological polar surface area (TPSA) is 123 Å². The summed E-state index contributed by atoms with van der Waals surface area (Å²) in [6, 6.07) is 1.66. The number of amides is 1. The number of carbonyl (C=O) groups is 3. The van der Waals surface area contributed by atoms with E-state index in [1.54, 1.807) is 17.8 Å². The molecule has 2 aliphatic rings. The maximum Gasteiger partial charge on any atom is 0.490 e. The van der Waals surface area contributed by atoms with Crippen molar-refractivity contribution < 1.29 is 37.4 Å². The fourth-order valence-electron chi connectivity index (χ4n) is 3.12. The van der Waals surface area contributed by atoms with Gasteiger partial charge in [0.2, 0.25) is 0 Å². The molecule has 1 atom stereocenters. The summed E-state index contributed by atoms with van der Waals surface area (Å²) in [5, 5.41) is 17.3. The number of ether oxygens (including phenoxy) is 1. The van der Waals surface area contributed by atoms with Crippen molar-refractivity contribution >= 4 is 33.8 Å². The Kier molecular flexibility index (Phi) is 7.27. The van der Waals surface area contributed by atoms with Crippen molar-refractivity contribution in [3.63, 3.8) is 0 Å². The number of aliphatic carboxylic acids is 1. The largest absolute Gasteiger partial charge is 0.490 e. The second-order valence-corrected chi connectivity index (χ2v) is 7.56. The van der Waals surface area contributed by atoms with Crippen LogP contribution in [0.25, 0.3) is 0 Å². The normalized spacial score (nSPS) is 20.6. The number of alkyl halides is 3. The molecule has 0 bridgehead atoms. The van der Waals surface area contributed by atoms with Gasteiger partial charge in [-0.1, -0.05) is 0 Å². The van der Waals surface area contributed by atoms with E-state index in [4.69, 9.17) is 14.6 Å². The Bertz CT molecular complexity index is 758. The Balaban J connectivity index is 0.000000370. The van der Waals surface area contributed by atoms with Gasteiger partial charge in [0.05, 0.1) is 12.0 Å². The molecule has 1 unspecified atom stereocenters. The second-order valence-electron chi connectivity index (χ2n) is 6.75. The minimum Gasteiger partial charge on any atom is -0.475 e. The number of cyclic esters (lactones) is 1. The first kappa shape index (κ1) is 23.1. The quantitative estimate of drug-likeness (QED) is 0.551. The van der Waals surface area contributed by atoms with Gasteiger partial charge in [-0.25, -0.2) is 4.79 Å². The molecular weight excluding hydrogens is 465 g/mol. The van der Waals surface area contributed by atoms with Gasteiger partial charge in [-0.3, -0.25) is 14.3 Å². The lowest BCUT2D eigenvalue weighted by molar-refractivity contribution is -0.192. The monoisotopic (exact) mass is 484 g/mol. The molecule has 9 nitrogen and oxygen atoms in total. The molecular formula is C16H20BrF3N4O5. The van der Waals surface area contributed by atoms with E-state index in [1.807, 2.05) is 0 Å². The smallest absolute Gasteiger partial charge is 0.475 e. The second kappa shape index (κ2) is 9.11. The molecule has 3 N–H and O–H groups in total. The van der Waals surface area contributed by atoms with Crippen molar-refractivity contribution in [1.82, 2.24) is 20.4 Å². The van der Waals surface area contributed by atoms with Gasteiger partial charge >= 0.3 is 18.1 Å². The molecule has 29 heavy (non-hydrogen) atoms. The summed E-state index contributed by atoms with van der Waals surface area (Å²) in [6.07, 6.45) is -3.03. The first-order valence-corrected chi connectivity index (χ1v) is 9.43. The summed E-state index contributed by atoms with van der Waals surface area (Å²) in [5.41, 5.74) is -0.00966. The van der Waals surface area contributed by atoms with Crippen LogP contribution in [0.5, 0.6) is 0 Å². The highest BCUT2D eigenvalue weighted by molar-refractivity contribution is 9.10. The lowest BCUT2D eigenvalue weighted by Crippen LogP contribution is -2.39. The highest BCUT2D eigenvalue weighted by atomic mass is 79.9. The van der Waals surface area contributed by atoms with E-state index in [1.165, 1.54) is 0 Å². The van der Waals surface area contributed by atoms with Crippen LogP contribution in [-0.4, -0.2) is 64.6 Å². The van der Waals surface area contributed by atoms with E-state index < -0.39 is 12.1 Å². The average molecular weight is 485 g/mol. The third-order valence-corrected chi connectivity index (χ3v) is 5.42. The van der Waals surface area contributed by atoms with Gasteiger partial charge in [0.15, 0.2) is 5.69 Å². The number of carboxylic acids is 1. The molecule has 2 saturated heterocycles. The zero-order valence-electron chi connectivity index (χ0n) is 15.4. The van der Waals surface area contributed by atoms with E-state index in [0.29, 0.717) is 18.7 Å². The van der Waals surface area contributed by atoms with Crippen LogP contribution in [0.4, 0.5) is 13.2 Å². The number of aromatic nitrogens is 2.